The minimum absolute atomic E-state index is 0.159. The molecule has 0 amide bonds. The smallest absolute Gasteiger partial charge is 0.289 e. The van der Waals surface area contributed by atoms with E-state index >= 15 is 0 Å². The summed E-state index contributed by atoms with van der Waals surface area (Å²) in [6.45, 7) is 4.34. The number of halogens is 1. The molecular weight excluding hydrogens is 258 g/mol. The molecule has 0 aromatic carbocycles. The Morgan fingerprint density at radius 2 is 2.28 bits per heavy atom. The lowest BCUT2D eigenvalue weighted by molar-refractivity contribution is -0.385. The first kappa shape index (κ1) is 14.7. The van der Waals surface area contributed by atoms with Gasteiger partial charge in [0.1, 0.15) is 12.0 Å². The second-order valence-corrected chi connectivity index (χ2v) is 4.85. The third kappa shape index (κ3) is 4.46. The van der Waals surface area contributed by atoms with Crippen molar-refractivity contribution in [3.63, 3.8) is 0 Å². The molecule has 1 unspecified atom stereocenters. The number of pyridine rings is 1. The number of nitro groups is 1. The summed E-state index contributed by atoms with van der Waals surface area (Å²) < 4.78 is 0. The molecule has 0 fully saturated rings. The number of aliphatic hydroxyl groups is 1. The van der Waals surface area contributed by atoms with Crippen LogP contribution in [0.4, 0.5) is 11.5 Å². The van der Waals surface area contributed by atoms with Crippen molar-refractivity contribution in [2.24, 2.45) is 5.92 Å². The van der Waals surface area contributed by atoms with Crippen molar-refractivity contribution >= 4 is 23.1 Å². The van der Waals surface area contributed by atoms with Gasteiger partial charge in [0, 0.05) is 12.6 Å². The van der Waals surface area contributed by atoms with Crippen molar-refractivity contribution in [1.29, 1.82) is 0 Å². The molecule has 1 aromatic rings. The number of nitrogens with zero attached hydrogens (tertiary/aromatic N) is 2. The highest BCUT2D eigenvalue weighted by Gasteiger charge is 2.12. The number of aromatic nitrogens is 1. The summed E-state index contributed by atoms with van der Waals surface area (Å²) in [5.41, 5.74) is -0.159. The van der Waals surface area contributed by atoms with Crippen molar-refractivity contribution in [2.45, 2.75) is 26.4 Å². The molecule has 1 heterocycles. The van der Waals surface area contributed by atoms with E-state index in [0.29, 0.717) is 24.7 Å². The van der Waals surface area contributed by atoms with Crippen LogP contribution >= 0.6 is 11.6 Å². The van der Waals surface area contributed by atoms with E-state index in [1.54, 1.807) is 0 Å². The van der Waals surface area contributed by atoms with Gasteiger partial charge in [-0.25, -0.2) is 4.98 Å². The van der Waals surface area contributed by atoms with Gasteiger partial charge < -0.3 is 10.4 Å². The molecule has 0 saturated carbocycles. The Kier molecular flexibility index (Phi) is 5.30. The number of nitrogens with one attached hydrogen (secondary N) is 1. The van der Waals surface area contributed by atoms with Gasteiger partial charge in [0.25, 0.3) is 5.69 Å². The van der Waals surface area contributed by atoms with Crippen LogP contribution < -0.4 is 5.32 Å². The highest BCUT2D eigenvalue weighted by Crippen LogP contribution is 2.23. The Hall–Kier alpha value is -1.40. The standard InChI is InChI=1S/C11H16ClN3O3/c1-7(2)3-9(16)6-14-11-10(12)4-8(5-13-11)15(17)18/h4-5,7,9,16H,3,6H2,1-2H3,(H,13,14). The fraction of sp³-hybridized carbons (Fsp3) is 0.545. The molecule has 6 nitrogen and oxygen atoms in total. The maximum atomic E-state index is 10.5. The molecule has 0 saturated heterocycles. The van der Waals surface area contributed by atoms with Crippen LogP contribution in [0.3, 0.4) is 0 Å². The van der Waals surface area contributed by atoms with Crippen LogP contribution in [-0.4, -0.2) is 27.7 Å². The van der Waals surface area contributed by atoms with Crippen LogP contribution in [0.1, 0.15) is 20.3 Å². The molecule has 0 aliphatic rings. The third-order valence-electron chi connectivity index (χ3n) is 2.29. The minimum atomic E-state index is -0.559. The van der Waals surface area contributed by atoms with Gasteiger partial charge in [-0.15, -0.1) is 0 Å². The van der Waals surface area contributed by atoms with Crippen LogP contribution in [0, 0.1) is 16.0 Å². The molecule has 18 heavy (non-hydrogen) atoms. The number of hydrogen-bond donors (Lipinski definition) is 2. The zero-order chi connectivity index (χ0) is 13.7. The highest BCUT2D eigenvalue weighted by molar-refractivity contribution is 6.33. The lowest BCUT2D eigenvalue weighted by Crippen LogP contribution is -2.21. The van der Waals surface area contributed by atoms with Gasteiger partial charge in [-0.1, -0.05) is 25.4 Å². The summed E-state index contributed by atoms with van der Waals surface area (Å²) >= 11 is 5.85. The van der Waals surface area contributed by atoms with Gasteiger partial charge in [-0.3, -0.25) is 10.1 Å². The highest BCUT2D eigenvalue weighted by atomic mass is 35.5. The molecule has 1 atom stereocenters. The lowest BCUT2D eigenvalue weighted by Gasteiger charge is -2.14. The molecule has 0 aliphatic heterocycles. The fourth-order valence-corrected chi connectivity index (χ4v) is 1.73. The lowest BCUT2D eigenvalue weighted by atomic mass is 10.1. The number of aliphatic hydroxyl groups excluding tert-OH is 1. The van der Waals surface area contributed by atoms with E-state index in [2.05, 4.69) is 10.3 Å². The van der Waals surface area contributed by atoms with Crippen molar-refractivity contribution in [2.75, 3.05) is 11.9 Å². The van der Waals surface area contributed by atoms with E-state index in [0.717, 1.165) is 6.20 Å². The molecule has 0 radical (unpaired) electrons. The van der Waals surface area contributed by atoms with Crippen LogP contribution in [0.25, 0.3) is 0 Å². The molecule has 0 spiro atoms. The Balaban J connectivity index is 2.60. The molecule has 100 valence electrons. The van der Waals surface area contributed by atoms with Crippen LogP contribution in [0.5, 0.6) is 0 Å². The Morgan fingerprint density at radius 3 is 2.78 bits per heavy atom. The molecule has 7 heteroatoms. The van der Waals surface area contributed by atoms with Crippen molar-refractivity contribution < 1.29 is 10.0 Å². The second-order valence-electron chi connectivity index (χ2n) is 4.45. The topological polar surface area (TPSA) is 88.3 Å². The van der Waals surface area contributed by atoms with Gasteiger partial charge in [0.15, 0.2) is 0 Å². The Morgan fingerprint density at radius 1 is 1.61 bits per heavy atom. The van der Waals surface area contributed by atoms with E-state index < -0.39 is 11.0 Å². The molecule has 0 bridgehead atoms. The quantitative estimate of drug-likeness (QED) is 0.614. The average molecular weight is 274 g/mol. The van der Waals surface area contributed by atoms with Gasteiger partial charge in [0.05, 0.1) is 16.0 Å². The van der Waals surface area contributed by atoms with Gasteiger partial charge in [0.2, 0.25) is 0 Å². The molecule has 1 rings (SSSR count). The summed E-state index contributed by atoms with van der Waals surface area (Å²) in [6.07, 6.45) is 1.29. The maximum absolute atomic E-state index is 10.5. The first-order chi connectivity index (χ1) is 8.40. The zero-order valence-electron chi connectivity index (χ0n) is 10.3. The summed E-state index contributed by atoms with van der Waals surface area (Å²) in [4.78, 5) is 13.8. The van der Waals surface area contributed by atoms with Crippen LogP contribution in [-0.2, 0) is 0 Å². The summed E-state index contributed by atoms with van der Waals surface area (Å²) in [5.74, 6) is 0.729. The zero-order valence-corrected chi connectivity index (χ0v) is 11.0. The van der Waals surface area contributed by atoms with E-state index in [1.165, 1.54) is 6.07 Å². The number of hydrogen-bond acceptors (Lipinski definition) is 5. The second kappa shape index (κ2) is 6.51. The van der Waals surface area contributed by atoms with E-state index in [-0.39, 0.29) is 10.7 Å². The largest absolute Gasteiger partial charge is 0.391 e. The van der Waals surface area contributed by atoms with Crippen LogP contribution in [0.2, 0.25) is 5.02 Å². The predicted molar refractivity (Wildman–Crippen MR) is 69.9 cm³/mol. The average Bonchev–Trinajstić information content (AvgIpc) is 2.26. The van der Waals surface area contributed by atoms with E-state index in [1.807, 2.05) is 13.8 Å². The Labute approximate surface area is 110 Å². The fourth-order valence-electron chi connectivity index (χ4n) is 1.50. The van der Waals surface area contributed by atoms with Crippen molar-refractivity contribution in [1.82, 2.24) is 4.98 Å². The van der Waals surface area contributed by atoms with E-state index in [4.69, 9.17) is 11.6 Å². The minimum Gasteiger partial charge on any atom is -0.391 e. The van der Waals surface area contributed by atoms with Gasteiger partial charge >= 0.3 is 0 Å². The van der Waals surface area contributed by atoms with Crippen molar-refractivity contribution in [3.8, 4) is 0 Å². The first-order valence-electron chi connectivity index (χ1n) is 5.62. The molecule has 1 aromatic heterocycles. The van der Waals surface area contributed by atoms with Crippen molar-refractivity contribution in [3.05, 3.63) is 27.4 Å². The van der Waals surface area contributed by atoms with Crippen LogP contribution in [0.15, 0.2) is 12.3 Å². The third-order valence-corrected chi connectivity index (χ3v) is 2.57. The normalized spacial score (nSPS) is 12.5. The SMILES string of the molecule is CC(C)CC(O)CNc1ncc([N+](=O)[O-])cc1Cl. The van der Waals surface area contributed by atoms with Gasteiger partial charge in [-0.2, -0.15) is 0 Å². The first-order valence-corrected chi connectivity index (χ1v) is 5.99. The predicted octanol–water partition coefficient (Wildman–Crippen LogP) is 2.46. The van der Waals surface area contributed by atoms with Gasteiger partial charge in [-0.05, 0) is 12.3 Å². The number of rotatable bonds is 6. The Bertz CT molecular complexity index is 426. The monoisotopic (exact) mass is 273 g/mol. The molecule has 2 N–H and O–H groups in total. The molecular formula is C11H16ClN3O3. The molecule has 0 aliphatic carbocycles. The maximum Gasteiger partial charge on any atom is 0.289 e. The summed E-state index contributed by atoms with van der Waals surface area (Å²) in [6, 6.07) is 1.23. The number of anilines is 1. The summed E-state index contributed by atoms with van der Waals surface area (Å²) in [7, 11) is 0. The van der Waals surface area contributed by atoms with E-state index in [9.17, 15) is 15.2 Å². The summed E-state index contributed by atoms with van der Waals surface area (Å²) in [5, 5.41) is 23.2.